The molecule has 0 spiro atoms. The lowest BCUT2D eigenvalue weighted by Crippen LogP contribution is -2.39. The van der Waals surface area contributed by atoms with Crippen molar-refractivity contribution in [3.63, 3.8) is 0 Å². The van der Waals surface area contributed by atoms with Gasteiger partial charge in [-0.25, -0.2) is 0 Å². The zero-order chi connectivity index (χ0) is 10.6. The van der Waals surface area contributed by atoms with E-state index in [0.717, 1.165) is 29.2 Å². The summed E-state index contributed by atoms with van der Waals surface area (Å²) in [6.45, 7) is 4.77. The maximum Gasteiger partial charge on any atom is 0.193 e. The lowest BCUT2D eigenvalue weighted by molar-refractivity contribution is 0.266. The highest BCUT2D eigenvalue weighted by molar-refractivity contribution is 6.73. The van der Waals surface area contributed by atoms with Crippen LogP contribution in [0.2, 0.25) is 18.6 Å². The van der Waals surface area contributed by atoms with Gasteiger partial charge in [-0.1, -0.05) is 12.2 Å². The number of hydrogen-bond acceptors (Lipinski definition) is 1. The van der Waals surface area contributed by atoms with Crippen LogP contribution >= 0.6 is 0 Å². The molecule has 2 fully saturated rings. The highest BCUT2D eigenvalue weighted by Crippen LogP contribution is 2.61. The third-order valence-corrected chi connectivity index (χ3v) is 8.57. The zero-order valence-electron chi connectivity index (χ0n) is 10.1. The lowest BCUT2D eigenvalue weighted by Gasteiger charge is -2.36. The predicted molar refractivity (Wildman–Crippen MR) is 65.2 cm³/mol. The zero-order valence-corrected chi connectivity index (χ0v) is 11.1. The Morgan fingerprint density at radius 2 is 1.87 bits per heavy atom. The summed E-state index contributed by atoms with van der Waals surface area (Å²) < 4.78 is 5.83. The first-order valence-corrected chi connectivity index (χ1v) is 9.35. The third-order valence-electron chi connectivity index (χ3n) is 5.33. The van der Waals surface area contributed by atoms with Gasteiger partial charge >= 0.3 is 0 Å². The van der Waals surface area contributed by atoms with Gasteiger partial charge < -0.3 is 4.43 Å². The van der Waals surface area contributed by atoms with Gasteiger partial charge in [0.2, 0.25) is 0 Å². The molecule has 0 N–H and O–H groups in total. The van der Waals surface area contributed by atoms with E-state index in [9.17, 15) is 0 Å². The number of allylic oxidation sites excluding steroid dienone is 2. The Morgan fingerprint density at radius 3 is 2.60 bits per heavy atom. The van der Waals surface area contributed by atoms with Gasteiger partial charge in [0, 0.05) is 7.11 Å². The Balaban J connectivity index is 1.86. The van der Waals surface area contributed by atoms with Crippen molar-refractivity contribution >= 4 is 8.32 Å². The van der Waals surface area contributed by atoms with Crippen molar-refractivity contribution in [3.8, 4) is 0 Å². The van der Waals surface area contributed by atoms with Gasteiger partial charge in [-0.2, -0.15) is 0 Å². The van der Waals surface area contributed by atoms with Crippen molar-refractivity contribution in [3.05, 3.63) is 12.2 Å². The fraction of sp³-hybridized carbons (Fsp3) is 0.846. The maximum absolute atomic E-state index is 5.83. The van der Waals surface area contributed by atoms with E-state index < -0.39 is 8.32 Å². The summed E-state index contributed by atoms with van der Waals surface area (Å²) >= 11 is 0. The third kappa shape index (κ3) is 1.30. The van der Waals surface area contributed by atoms with Crippen LogP contribution < -0.4 is 0 Å². The molecule has 5 atom stereocenters. The van der Waals surface area contributed by atoms with E-state index in [1.807, 2.05) is 7.11 Å². The smallest absolute Gasteiger partial charge is 0.193 e. The Morgan fingerprint density at radius 1 is 1.13 bits per heavy atom. The topological polar surface area (TPSA) is 9.23 Å². The monoisotopic (exact) mass is 222 g/mol. The van der Waals surface area contributed by atoms with E-state index in [1.54, 1.807) is 0 Å². The van der Waals surface area contributed by atoms with Gasteiger partial charge in [0.25, 0.3) is 0 Å². The second-order valence-electron chi connectivity index (χ2n) is 6.21. The van der Waals surface area contributed by atoms with Crippen LogP contribution in [0.25, 0.3) is 0 Å². The fourth-order valence-corrected chi connectivity index (χ4v) is 6.67. The molecular weight excluding hydrogens is 200 g/mol. The normalized spacial score (nSPS) is 47.5. The van der Waals surface area contributed by atoms with Crippen LogP contribution in [0.15, 0.2) is 12.2 Å². The quantitative estimate of drug-likeness (QED) is 0.514. The van der Waals surface area contributed by atoms with Gasteiger partial charge in [0.05, 0.1) is 0 Å². The Kier molecular flexibility index (Phi) is 2.16. The molecule has 0 aromatic heterocycles. The van der Waals surface area contributed by atoms with Crippen molar-refractivity contribution in [1.82, 2.24) is 0 Å². The first-order valence-electron chi connectivity index (χ1n) is 6.37. The van der Waals surface area contributed by atoms with Crippen LogP contribution in [0.4, 0.5) is 0 Å². The molecule has 5 unspecified atom stereocenters. The molecule has 0 amide bonds. The number of rotatable bonds is 2. The molecule has 0 saturated heterocycles. The standard InChI is InChI=1S/C13H22OSi/c1-14-15(2,3)12-7-6-11-9-4-5-10(8-9)13(11)12/h6-7,9-13H,4-5,8H2,1-3H3. The second kappa shape index (κ2) is 3.20. The number of hydrogen-bond donors (Lipinski definition) is 0. The van der Waals surface area contributed by atoms with Crippen LogP contribution in [0.3, 0.4) is 0 Å². The minimum atomic E-state index is -1.45. The summed E-state index contributed by atoms with van der Waals surface area (Å²) in [7, 11) is 0.463. The van der Waals surface area contributed by atoms with Crippen LogP contribution in [0, 0.1) is 23.7 Å². The molecule has 0 heterocycles. The van der Waals surface area contributed by atoms with E-state index in [0.29, 0.717) is 0 Å². The summed E-state index contributed by atoms with van der Waals surface area (Å²) in [6.07, 6.45) is 9.56. The highest BCUT2D eigenvalue weighted by atomic mass is 28.4. The highest BCUT2D eigenvalue weighted by Gasteiger charge is 2.55. The van der Waals surface area contributed by atoms with E-state index in [1.165, 1.54) is 19.3 Å². The molecule has 0 aromatic carbocycles. The van der Waals surface area contributed by atoms with Gasteiger partial charge in [-0.15, -0.1) is 0 Å². The van der Waals surface area contributed by atoms with E-state index in [2.05, 4.69) is 25.2 Å². The molecule has 15 heavy (non-hydrogen) atoms. The second-order valence-corrected chi connectivity index (χ2v) is 10.5. The lowest BCUT2D eigenvalue weighted by atomic mass is 9.81. The van der Waals surface area contributed by atoms with Crippen molar-refractivity contribution in [1.29, 1.82) is 0 Å². The number of fused-ring (bicyclic) bond motifs is 5. The van der Waals surface area contributed by atoms with Gasteiger partial charge in [-0.05, 0) is 61.6 Å². The average molecular weight is 222 g/mol. The van der Waals surface area contributed by atoms with Crippen LogP contribution in [0.5, 0.6) is 0 Å². The molecule has 2 saturated carbocycles. The molecule has 3 aliphatic rings. The van der Waals surface area contributed by atoms with Crippen LogP contribution in [-0.2, 0) is 4.43 Å². The molecule has 1 nitrogen and oxygen atoms in total. The largest absolute Gasteiger partial charge is 0.420 e. The molecule has 2 heteroatoms. The van der Waals surface area contributed by atoms with E-state index >= 15 is 0 Å². The van der Waals surface area contributed by atoms with Crippen LogP contribution in [0.1, 0.15) is 19.3 Å². The summed E-state index contributed by atoms with van der Waals surface area (Å²) in [5.74, 6) is 3.95. The molecule has 3 aliphatic carbocycles. The minimum absolute atomic E-state index is 0.794. The molecule has 0 aliphatic heterocycles. The first-order chi connectivity index (χ1) is 7.13. The molecule has 0 aromatic rings. The van der Waals surface area contributed by atoms with Crippen LogP contribution in [-0.4, -0.2) is 15.4 Å². The van der Waals surface area contributed by atoms with Gasteiger partial charge in [-0.3, -0.25) is 0 Å². The van der Waals surface area contributed by atoms with Crippen molar-refractivity contribution in [2.75, 3.05) is 7.11 Å². The van der Waals surface area contributed by atoms with Crippen molar-refractivity contribution < 1.29 is 4.43 Å². The Hall–Kier alpha value is -0.0831. The maximum atomic E-state index is 5.83. The average Bonchev–Trinajstić information content (AvgIpc) is 2.89. The summed E-state index contributed by atoms with van der Waals surface area (Å²) in [6, 6.07) is 0. The predicted octanol–water partition coefficient (Wildman–Crippen LogP) is 3.44. The molecule has 2 bridgehead atoms. The van der Waals surface area contributed by atoms with E-state index in [-0.39, 0.29) is 0 Å². The minimum Gasteiger partial charge on any atom is -0.420 e. The fourth-order valence-electron chi connectivity index (χ4n) is 4.41. The summed E-state index contributed by atoms with van der Waals surface area (Å²) in [5, 5.41) is 0. The molecule has 84 valence electrons. The summed E-state index contributed by atoms with van der Waals surface area (Å²) in [4.78, 5) is 0. The molecule has 3 rings (SSSR count). The van der Waals surface area contributed by atoms with Gasteiger partial charge in [0.1, 0.15) is 0 Å². The SMILES string of the molecule is CO[Si](C)(C)C1C=CC2C3CCC(C3)C21. The van der Waals surface area contributed by atoms with Crippen molar-refractivity contribution in [2.24, 2.45) is 23.7 Å². The molecular formula is C13H22OSi. The Labute approximate surface area is 94.0 Å². The summed E-state index contributed by atoms with van der Waals surface area (Å²) in [5.41, 5.74) is 0.794. The Bertz CT molecular complexity index is 297. The molecule has 0 radical (unpaired) electrons. The first kappa shape index (κ1) is 10.1. The van der Waals surface area contributed by atoms with E-state index in [4.69, 9.17) is 4.43 Å². The van der Waals surface area contributed by atoms with Gasteiger partial charge in [0.15, 0.2) is 8.32 Å². The van der Waals surface area contributed by atoms with Crippen molar-refractivity contribution in [2.45, 2.75) is 37.9 Å².